The third-order valence-corrected chi connectivity index (χ3v) is 3.36. The van der Waals surface area contributed by atoms with Gasteiger partial charge in [-0.05, 0) is 35.9 Å². The number of benzene rings is 2. The van der Waals surface area contributed by atoms with Gasteiger partial charge in [-0.1, -0.05) is 23.7 Å². The first-order valence-corrected chi connectivity index (χ1v) is 7.39. The maximum Gasteiger partial charge on any atom is 0.310 e. The number of methoxy groups -OCH3 is 1. The number of anilines is 1. The Balaban J connectivity index is 1.79. The lowest BCUT2D eigenvalue weighted by molar-refractivity contribution is -0.146. The van der Waals surface area contributed by atoms with Crippen molar-refractivity contribution in [2.45, 2.75) is 6.42 Å². The van der Waals surface area contributed by atoms with Crippen LogP contribution in [-0.2, 0) is 20.7 Å². The van der Waals surface area contributed by atoms with Crippen LogP contribution in [-0.4, -0.2) is 25.6 Å². The standard InChI is InChI=1S/C17H15ClFNO4/c1-23-13-5-2-11(3-6-13)8-17(22)24-10-16(21)20-12-4-7-15(19)14(18)9-12/h2-7,9H,8,10H2,1H3,(H,20,21). The highest BCUT2D eigenvalue weighted by atomic mass is 35.5. The maximum atomic E-state index is 13.0. The number of halogens is 2. The van der Waals surface area contributed by atoms with Crippen LogP contribution in [0.15, 0.2) is 42.5 Å². The summed E-state index contributed by atoms with van der Waals surface area (Å²) in [7, 11) is 1.55. The number of rotatable bonds is 6. The zero-order valence-electron chi connectivity index (χ0n) is 12.8. The summed E-state index contributed by atoms with van der Waals surface area (Å²) in [6.07, 6.45) is 0.0413. The van der Waals surface area contributed by atoms with E-state index in [1.807, 2.05) is 0 Å². The third-order valence-electron chi connectivity index (χ3n) is 3.08. The van der Waals surface area contributed by atoms with Crippen molar-refractivity contribution in [2.24, 2.45) is 0 Å². The van der Waals surface area contributed by atoms with E-state index in [0.29, 0.717) is 11.4 Å². The van der Waals surface area contributed by atoms with Crippen LogP contribution in [0.3, 0.4) is 0 Å². The topological polar surface area (TPSA) is 64.6 Å². The van der Waals surface area contributed by atoms with E-state index < -0.39 is 24.3 Å². The molecule has 0 aromatic heterocycles. The van der Waals surface area contributed by atoms with Gasteiger partial charge in [0.25, 0.3) is 5.91 Å². The normalized spacial score (nSPS) is 10.1. The molecule has 0 saturated carbocycles. The summed E-state index contributed by atoms with van der Waals surface area (Å²) in [6.45, 7) is -0.440. The van der Waals surface area contributed by atoms with Crippen molar-refractivity contribution in [3.05, 3.63) is 58.9 Å². The van der Waals surface area contributed by atoms with Crippen molar-refractivity contribution >= 4 is 29.2 Å². The zero-order chi connectivity index (χ0) is 17.5. The third kappa shape index (κ3) is 5.24. The summed E-state index contributed by atoms with van der Waals surface area (Å²) in [5.74, 6) is -0.974. The minimum Gasteiger partial charge on any atom is -0.497 e. The van der Waals surface area contributed by atoms with E-state index in [0.717, 1.165) is 11.6 Å². The lowest BCUT2D eigenvalue weighted by Gasteiger charge is -2.07. The number of nitrogens with one attached hydrogen (secondary N) is 1. The van der Waals surface area contributed by atoms with Crippen LogP contribution in [0.1, 0.15) is 5.56 Å². The van der Waals surface area contributed by atoms with E-state index >= 15 is 0 Å². The Labute approximate surface area is 143 Å². The monoisotopic (exact) mass is 351 g/mol. The molecule has 0 bridgehead atoms. The number of carbonyl (C=O) groups excluding carboxylic acids is 2. The largest absolute Gasteiger partial charge is 0.497 e. The van der Waals surface area contributed by atoms with E-state index in [9.17, 15) is 14.0 Å². The molecule has 0 fully saturated rings. The molecule has 0 heterocycles. The lowest BCUT2D eigenvalue weighted by Crippen LogP contribution is -2.21. The molecule has 0 unspecified atom stereocenters. The number of hydrogen-bond acceptors (Lipinski definition) is 4. The molecule has 126 valence electrons. The van der Waals surface area contributed by atoms with Crippen molar-refractivity contribution in [1.82, 2.24) is 0 Å². The molecular weight excluding hydrogens is 337 g/mol. The number of amides is 1. The molecule has 2 rings (SSSR count). The summed E-state index contributed by atoms with van der Waals surface area (Å²) < 4.78 is 22.9. The molecule has 1 amide bonds. The molecule has 0 spiro atoms. The van der Waals surface area contributed by atoms with Crippen LogP contribution >= 0.6 is 11.6 Å². The van der Waals surface area contributed by atoms with E-state index in [1.54, 1.807) is 31.4 Å². The molecule has 0 aliphatic carbocycles. The van der Waals surface area contributed by atoms with Gasteiger partial charge in [0.15, 0.2) is 6.61 Å². The van der Waals surface area contributed by atoms with E-state index in [4.69, 9.17) is 21.1 Å². The van der Waals surface area contributed by atoms with Crippen molar-refractivity contribution in [3.63, 3.8) is 0 Å². The minimum atomic E-state index is -0.583. The van der Waals surface area contributed by atoms with Crippen LogP contribution in [0, 0.1) is 5.82 Å². The second kappa shape index (κ2) is 8.31. The first kappa shape index (κ1) is 17.7. The van der Waals surface area contributed by atoms with Gasteiger partial charge in [0.05, 0.1) is 18.6 Å². The average molecular weight is 352 g/mol. The maximum absolute atomic E-state index is 13.0. The second-order valence-electron chi connectivity index (χ2n) is 4.86. The molecule has 0 saturated heterocycles. The molecular formula is C17H15ClFNO4. The van der Waals surface area contributed by atoms with Gasteiger partial charge in [-0.2, -0.15) is 0 Å². The van der Waals surface area contributed by atoms with Gasteiger partial charge in [-0.3, -0.25) is 9.59 Å². The molecule has 24 heavy (non-hydrogen) atoms. The zero-order valence-corrected chi connectivity index (χ0v) is 13.6. The Bertz CT molecular complexity index is 734. The van der Waals surface area contributed by atoms with Gasteiger partial charge in [-0.15, -0.1) is 0 Å². The molecule has 1 N–H and O–H groups in total. The molecule has 0 atom stereocenters. The number of esters is 1. The summed E-state index contributed by atoms with van der Waals surface area (Å²) in [5, 5.41) is 2.35. The Kier molecular flexibility index (Phi) is 6.14. The highest BCUT2D eigenvalue weighted by molar-refractivity contribution is 6.31. The first-order valence-electron chi connectivity index (χ1n) is 7.01. The number of ether oxygens (including phenoxy) is 2. The predicted octanol–water partition coefficient (Wildman–Crippen LogP) is 3.21. The SMILES string of the molecule is COc1ccc(CC(=O)OCC(=O)Nc2ccc(F)c(Cl)c2)cc1. The van der Waals surface area contributed by atoms with E-state index in [1.165, 1.54) is 12.1 Å². The van der Waals surface area contributed by atoms with Crippen LogP contribution in [0.5, 0.6) is 5.75 Å². The molecule has 7 heteroatoms. The lowest BCUT2D eigenvalue weighted by atomic mass is 10.1. The smallest absolute Gasteiger partial charge is 0.310 e. The Morgan fingerprint density at radius 3 is 2.50 bits per heavy atom. The quantitative estimate of drug-likeness (QED) is 0.812. The highest BCUT2D eigenvalue weighted by Gasteiger charge is 2.10. The molecule has 2 aromatic rings. The van der Waals surface area contributed by atoms with Crippen molar-refractivity contribution in [1.29, 1.82) is 0 Å². The Morgan fingerprint density at radius 1 is 1.17 bits per heavy atom. The van der Waals surface area contributed by atoms with Gasteiger partial charge in [0.1, 0.15) is 11.6 Å². The fraction of sp³-hybridized carbons (Fsp3) is 0.176. The minimum absolute atomic E-state index is 0.0413. The summed E-state index contributed by atoms with van der Waals surface area (Å²) in [5.41, 5.74) is 1.06. The molecule has 5 nitrogen and oxygen atoms in total. The van der Waals surface area contributed by atoms with Crippen molar-refractivity contribution < 1.29 is 23.5 Å². The predicted molar refractivity (Wildman–Crippen MR) is 87.7 cm³/mol. The van der Waals surface area contributed by atoms with Gasteiger partial charge in [0.2, 0.25) is 0 Å². The number of carbonyl (C=O) groups is 2. The van der Waals surface area contributed by atoms with E-state index in [-0.39, 0.29) is 11.4 Å². The summed E-state index contributed by atoms with van der Waals surface area (Å²) >= 11 is 5.62. The van der Waals surface area contributed by atoms with Crippen molar-refractivity contribution in [2.75, 3.05) is 19.0 Å². The number of hydrogen-bond donors (Lipinski definition) is 1. The van der Waals surface area contributed by atoms with E-state index in [2.05, 4.69) is 5.32 Å². The molecule has 0 aliphatic rings. The highest BCUT2D eigenvalue weighted by Crippen LogP contribution is 2.19. The second-order valence-corrected chi connectivity index (χ2v) is 5.27. The van der Waals surface area contributed by atoms with Gasteiger partial charge in [-0.25, -0.2) is 4.39 Å². The molecule has 0 aliphatic heterocycles. The van der Waals surface area contributed by atoms with Gasteiger partial charge >= 0.3 is 5.97 Å². The molecule has 2 aromatic carbocycles. The van der Waals surface area contributed by atoms with Gasteiger partial charge in [0, 0.05) is 5.69 Å². The van der Waals surface area contributed by atoms with Crippen LogP contribution in [0.4, 0.5) is 10.1 Å². The summed E-state index contributed by atoms with van der Waals surface area (Å²) in [6, 6.07) is 10.7. The fourth-order valence-electron chi connectivity index (χ4n) is 1.88. The van der Waals surface area contributed by atoms with Crippen LogP contribution in [0.25, 0.3) is 0 Å². The van der Waals surface area contributed by atoms with Crippen molar-refractivity contribution in [3.8, 4) is 5.75 Å². The van der Waals surface area contributed by atoms with Crippen LogP contribution in [0.2, 0.25) is 5.02 Å². The Morgan fingerprint density at radius 2 is 1.88 bits per heavy atom. The Hall–Kier alpha value is -2.60. The molecule has 0 radical (unpaired) electrons. The fourth-order valence-corrected chi connectivity index (χ4v) is 2.06. The first-order chi connectivity index (χ1) is 11.5. The van der Waals surface area contributed by atoms with Gasteiger partial charge < -0.3 is 14.8 Å². The van der Waals surface area contributed by atoms with Crippen LogP contribution < -0.4 is 10.1 Å². The summed E-state index contributed by atoms with van der Waals surface area (Å²) in [4.78, 5) is 23.4. The average Bonchev–Trinajstić information content (AvgIpc) is 2.57.